The van der Waals surface area contributed by atoms with Crippen LogP contribution in [0.4, 0.5) is 0 Å². The van der Waals surface area contributed by atoms with Gasteiger partial charge in [-0.2, -0.15) is 5.10 Å². The van der Waals surface area contributed by atoms with Gasteiger partial charge in [0.15, 0.2) is 5.78 Å². The van der Waals surface area contributed by atoms with Crippen LogP contribution >= 0.6 is 0 Å². The molecule has 0 radical (unpaired) electrons. The smallest absolute Gasteiger partial charge is 0.165 e. The lowest BCUT2D eigenvalue weighted by Crippen LogP contribution is -2.50. The van der Waals surface area contributed by atoms with Crippen LogP contribution in [0.2, 0.25) is 0 Å². The van der Waals surface area contributed by atoms with E-state index in [1.54, 1.807) is 0 Å². The molecular formula is C25H34N2O2. The van der Waals surface area contributed by atoms with E-state index in [1.807, 2.05) is 16.9 Å². The second kappa shape index (κ2) is 6.66. The molecule has 5 rings (SSSR count). The quantitative estimate of drug-likeness (QED) is 0.580. The van der Waals surface area contributed by atoms with Gasteiger partial charge in [0.1, 0.15) is 0 Å². The first-order valence-corrected chi connectivity index (χ1v) is 11.5. The molecule has 4 aliphatic carbocycles. The Bertz CT molecular complexity index is 896. The fourth-order valence-electron chi connectivity index (χ4n) is 7.35. The molecule has 1 aromatic rings. The molecular weight excluding hydrogens is 360 g/mol. The van der Waals surface area contributed by atoms with Gasteiger partial charge in [-0.15, -0.1) is 0 Å². The molecule has 0 amide bonds. The van der Waals surface area contributed by atoms with Gasteiger partial charge in [0.25, 0.3) is 0 Å². The lowest BCUT2D eigenvalue weighted by molar-refractivity contribution is -0.130. The van der Waals surface area contributed by atoms with Gasteiger partial charge >= 0.3 is 0 Å². The number of carbonyl (C=O) groups is 1. The number of carbonyl (C=O) groups excluding carboxylic acids is 1. The fourth-order valence-corrected chi connectivity index (χ4v) is 7.35. The predicted molar refractivity (Wildman–Crippen MR) is 114 cm³/mol. The average molecular weight is 395 g/mol. The highest BCUT2D eigenvalue weighted by atomic mass is 16.3. The van der Waals surface area contributed by atoms with Crippen LogP contribution in [0, 0.1) is 28.6 Å². The Kier molecular flexibility index (Phi) is 4.43. The monoisotopic (exact) mass is 394 g/mol. The Balaban J connectivity index is 1.48. The summed E-state index contributed by atoms with van der Waals surface area (Å²) in [6.45, 7) is 7.59. The lowest BCUT2D eigenvalue weighted by atomic mass is 9.48. The molecule has 0 bridgehead atoms. The van der Waals surface area contributed by atoms with Crippen LogP contribution in [0.1, 0.15) is 71.4 Å². The molecule has 29 heavy (non-hydrogen) atoms. The van der Waals surface area contributed by atoms with E-state index in [-0.39, 0.29) is 16.9 Å². The first-order chi connectivity index (χ1) is 13.9. The Hall–Kier alpha value is -1.68. The van der Waals surface area contributed by atoms with Crippen LogP contribution in [-0.2, 0) is 11.3 Å². The van der Waals surface area contributed by atoms with Crippen LogP contribution in [0.5, 0.6) is 0 Å². The zero-order valence-corrected chi connectivity index (χ0v) is 18.0. The summed E-state index contributed by atoms with van der Waals surface area (Å²) in [6.07, 6.45) is 13.2. The molecule has 3 fully saturated rings. The number of fused-ring (bicyclic) bond motifs is 5. The van der Waals surface area contributed by atoms with E-state index >= 15 is 0 Å². The summed E-state index contributed by atoms with van der Waals surface area (Å²) < 4.78 is 1.97. The average Bonchev–Trinajstić information content (AvgIpc) is 3.25. The third-order valence-corrected chi connectivity index (χ3v) is 9.09. The third kappa shape index (κ3) is 2.74. The summed E-state index contributed by atoms with van der Waals surface area (Å²) in [5.41, 5.74) is 3.56. The maximum absolute atomic E-state index is 13.5. The number of aromatic nitrogens is 2. The zero-order valence-electron chi connectivity index (χ0n) is 18.0. The number of allylic oxidation sites excluding steroid dienone is 2. The van der Waals surface area contributed by atoms with Crippen LogP contribution < -0.4 is 0 Å². The number of hydrogen-bond donors (Lipinski definition) is 1. The van der Waals surface area contributed by atoms with Gasteiger partial charge in [-0.05, 0) is 92.8 Å². The Morgan fingerprint density at radius 1 is 1.21 bits per heavy atom. The number of nitrogens with zero attached hydrogens (tertiary/aromatic N) is 2. The Labute approximate surface area is 174 Å². The van der Waals surface area contributed by atoms with Crippen molar-refractivity contribution >= 4 is 11.9 Å². The molecule has 4 nitrogen and oxygen atoms in total. The van der Waals surface area contributed by atoms with Crippen molar-refractivity contribution < 1.29 is 9.90 Å². The van der Waals surface area contributed by atoms with Crippen LogP contribution in [0.3, 0.4) is 0 Å². The van der Waals surface area contributed by atoms with Crippen LogP contribution in [0.25, 0.3) is 6.08 Å². The maximum atomic E-state index is 13.5. The minimum absolute atomic E-state index is 0.161. The first-order valence-electron chi connectivity index (χ1n) is 11.5. The van der Waals surface area contributed by atoms with Crippen molar-refractivity contribution in [3.8, 4) is 0 Å². The van der Waals surface area contributed by atoms with Crippen LogP contribution in [0.15, 0.2) is 29.5 Å². The van der Waals surface area contributed by atoms with Crippen molar-refractivity contribution in [3.05, 3.63) is 35.2 Å². The summed E-state index contributed by atoms with van der Waals surface area (Å²) in [5, 5.41) is 14.6. The molecule has 4 heteroatoms. The normalized spacial score (nSPS) is 43.0. The molecule has 1 heterocycles. The highest BCUT2D eigenvalue weighted by Gasteiger charge is 2.59. The molecule has 0 spiro atoms. The Morgan fingerprint density at radius 3 is 2.79 bits per heavy atom. The third-order valence-electron chi connectivity index (χ3n) is 9.09. The van der Waals surface area contributed by atoms with E-state index in [0.717, 1.165) is 62.8 Å². The maximum Gasteiger partial charge on any atom is 0.165 e. The van der Waals surface area contributed by atoms with Crippen molar-refractivity contribution in [2.75, 3.05) is 0 Å². The lowest BCUT2D eigenvalue weighted by Gasteiger charge is -2.56. The summed E-state index contributed by atoms with van der Waals surface area (Å²) in [5.74, 6) is 2.06. The fraction of sp³-hybridized carbons (Fsp3) is 0.680. The van der Waals surface area contributed by atoms with E-state index in [0.29, 0.717) is 23.5 Å². The van der Waals surface area contributed by atoms with Gasteiger partial charge in [-0.3, -0.25) is 9.48 Å². The van der Waals surface area contributed by atoms with Crippen molar-refractivity contribution in [2.24, 2.45) is 28.6 Å². The minimum Gasteiger partial charge on any atom is -0.393 e. The number of Topliss-reactive ketones (excluding diaryl/α,β-unsaturated/α-hetero) is 1. The molecule has 3 saturated carbocycles. The number of aliphatic hydroxyl groups is 1. The summed E-state index contributed by atoms with van der Waals surface area (Å²) in [7, 11) is 0. The summed E-state index contributed by atoms with van der Waals surface area (Å²) >= 11 is 0. The second-order valence-corrected chi connectivity index (χ2v) is 10.4. The molecule has 0 saturated heterocycles. The number of ketones is 1. The molecule has 0 unspecified atom stereocenters. The van der Waals surface area contributed by atoms with Gasteiger partial charge in [-0.1, -0.05) is 25.5 Å². The van der Waals surface area contributed by atoms with E-state index < -0.39 is 0 Å². The number of aliphatic hydroxyl groups excluding tert-OH is 1. The highest BCUT2D eigenvalue weighted by molar-refractivity contribution is 6.05. The van der Waals surface area contributed by atoms with Gasteiger partial charge < -0.3 is 5.11 Å². The number of rotatable bonds is 2. The highest BCUT2D eigenvalue weighted by Crippen LogP contribution is 2.64. The molecule has 0 aromatic carbocycles. The zero-order chi connectivity index (χ0) is 20.4. The van der Waals surface area contributed by atoms with E-state index in [1.165, 1.54) is 5.57 Å². The van der Waals surface area contributed by atoms with Gasteiger partial charge in [0.2, 0.25) is 0 Å². The van der Waals surface area contributed by atoms with Gasteiger partial charge in [-0.25, -0.2) is 0 Å². The number of aryl methyl sites for hydroxylation is 1. The summed E-state index contributed by atoms with van der Waals surface area (Å²) in [4.78, 5) is 13.5. The van der Waals surface area contributed by atoms with E-state index in [9.17, 15) is 9.90 Å². The molecule has 1 N–H and O–H groups in total. The van der Waals surface area contributed by atoms with Crippen molar-refractivity contribution in [2.45, 2.75) is 78.4 Å². The molecule has 1 aromatic heterocycles. The molecule has 0 aliphatic heterocycles. The van der Waals surface area contributed by atoms with E-state index in [2.05, 4.69) is 38.0 Å². The second-order valence-electron chi connectivity index (χ2n) is 10.4. The number of hydrogen-bond acceptors (Lipinski definition) is 3. The van der Waals surface area contributed by atoms with Gasteiger partial charge in [0, 0.05) is 18.2 Å². The predicted octanol–water partition coefficient (Wildman–Crippen LogP) is 4.79. The van der Waals surface area contributed by atoms with Gasteiger partial charge in [0.05, 0.1) is 11.8 Å². The largest absolute Gasteiger partial charge is 0.393 e. The molecule has 6 atom stereocenters. The summed E-state index contributed by atoms with van der Waals surface area (Å²) in [6, 6.07) is 2.01. The molecule has 156 valence electrons. The Morgan fingerprint density at radius 2 is 2.00 bits per heavy atom. The van der Waals surface area contributed by atoms with E-state index in [4.69, 9.17) is 0 Å². The SMILES string of the molecule is CCn1nccc1/C=C1/C[C@@H]2[C@H]3CC=C4C[C@H](O)CC[C@]4(C)[C@@H]3CC[C@]2(C)C1=O. The topological polar surface area (TPSA) is 55.1 Å². The standard InChI is InChI=1S/C25H34N2O2/c1-4-27-18(9-12-26-27)13-16-14-22-20-6-5-17-15-19(28)7-10-24(17,2)21(20)8-11-25(22,3)23(16)29/h5,9,12-13,19-22,28H,4,6-8,10-11,14-15H2,1-3H3/b16-13-/t19-,20+,21-,22-,24+,25+/m1/s1. The minimum atomic E-state index is -0.208. The van der Waals surface area contributed by atoms with Crippen LogP contribution in [-0.4, -0.2) is 26.8 Å². The van der Waals surface area contributed by atoms with Crippen molar-refractivity contribution in [1.29, 1.82) is 0 Å². The first kappa shape index (κ1) is 19.3. The molecule has 4 aliphatic rings. The van der Waals surface area contributed by atoms with Crippen molar-refractivity contribution in [1.82, 2.24) is 9.78 Å². The van der Waals surface area contributed by atoms with Crippen molar-refractivity contribution in [3.63, 3.8) is 0 Å².